The van der Waals surface area contributed by atoms with Gasteiger partial charge in [0, 0.05) is 10.0 Å². The van der Waals surface area contributed by atoms with Crippen molar-refractivity contribution in [2.45, 2.75) is 32.5 Å². The highest BCUT2D eigenvalue weighted by Gasteiger charge is 2.55. The Kier molecular flexibility index (Phi) is 4.66. The van der Waals surface area contributed by atoms with Crippen LogP contribution < -0.4 is 4.90 Å². The molecule has 2 aliphatic rings. The van der Waals surface area contributed by atoms with Gasteiger partial charge in [0.05, 0.1) is 5.69 Å². The normalized spacial score (nSPS) is 20.1. The number of hydrogen-bond donors (Lipinski definition) is 0. The standard InChI is InChI=1S/C21H17BrN6O3/c1-11-3-8-15(9-12(11)2)28-20(29)17-18(21(28)30)27(26-24-17)10-16-23-19(25-31-16)13-4-6-14(22)7-5-13/h3-9,17-18H,10H2,1-2H3/t17-,18+/m0/s1. The summed E-state index contributed by atoms with van der Waals surface area (Å²) in [5.41, 5.74) is 3.42. The summed E-state index contributed by atoms with van der Waals surface area (Å²) >= 11 is 3.39. The second-order valence-corrected chi connectivity index (χ2v) is 8.41. The molecule has 3 aromatic rings. The summed E-state index contributed by atoms with van der Waals surface area (Å²) in [6.45, 7) is 3.99. The molecule has 1 aromatic heterocycles. The Morgan fingerprint density at radius 3 is 2.55 bits per heavy atom. The highest BCUT2D eigenvalue weighted by atomic mass is 79.9. The van der Waals surface area contributed by atoms with Crippen LogP contribution in [0.25, 0.3) is 11.4 Å². The lowest BCUT2D eigenvalue weighted by Gasteiger charge is -2.19. The van der Waals surface area contributed by atoms with Gasteiger partial charge >= 0.3 is 0 Å². The number of fused-ring (bicyclic) bond motifs is 1. The summed E-state index contributed by atoms with van der Waals surface area (Å²) < 4.78 is 6.28. The van der Waals surface area contributed by atoms with Crippen LogP contribution in [0.5, 0.6) is 0 Å². The first-order valence-electron chi connectivity index (χ1n) is 9.63. The molecule has 2 aromatic carbocycles. The van der Waals surface area contributed by atoms with Gasteiger partial charge in [0.15, 0.2) is 12.1 Å². The molecule has 2 atom stereocenters. The summed E-state index contributed by atoms with van der Waals surface area (Å²) in [7, 11) is 0. The number of anilines is 1. The van der Waals surface area contributed by atoms with Crippen LogP contribution in [-0.2, 0) is 16.1 Å². The van der Waals surface area contributed by atoms with Gasteiger partial charge in [-0.15, -0.1) is 0 Å². The number of rotatable bonds is 4. The molecule has 5 rings (SSSR count). The lowest BCUT2D eigenvalue weighted by molar-refractivity contribution is -0.123. The van der Waals surface area contributed by atoms with Crippen LogP contribution in [0.1, 0.15) is 17.0 Å². The molecule has 0 unspecified atom stereocenters. The van der Waals surface area contributed by atoms with E-state index in [4.69, 9.17) is 4.52 Å². The van der Waals surface area contributed by atoms with Crippen molar-refractivity contribution in [2.24, 2.45) is 10.3 Å². The fourth-order valence-electron chi connectivity index (χ4n) is 3.65. The average Bonchev–Trinajstić information content (AvgIpc) is 3.44. The predicted molar refractivity (Wildman–Crippen MR) is 114 cm³/mol. The van der Waals surface area contributed by atoms with Gasteiger partial charge in [-0.3, -0.25) is 14.6 Å². The van der Waals surface area contributed by atoms with E-state index in [1.54, 1.807) is 6.07 Å². The average molecular weight is 481 g/mol. The monoisotopic (exact) mass is 480 g/mol. The van der Waals surface area contributed by atoms with Gasteiger partial charge in [-0.25, -0.2) is 4.90 Å². The zero-order chi connectivity index (χ0) is 21.7. The topological polar surface area (TPSA) is 104 Å². The van der Waals surface area contributed by atoms with E-state index in [1.807, 2.05) is 50.2 Å². The third-order valence-electron chi connectivity index (χ3n) is 5.47. The summed E-state index contributed by atoms with van der Waals surface area (Å²) in [6, 6.07) is 11.3. The number of amides is 2. The van der Waals surface area contributed by atoms with E-state index in [-0.39, 0.29) is 24.2 Å². The number of hydrogen-bond acceptors (Lipinski definition) is 8. The molecule has 0 saturated carbocycles. The Bertz CT molecular complexity index is 1220. The van der Waals surface area contributed by atoms with Crippen molar-refractivity contribution in [3.05, 3.63) is 64.0 Å². The molecule has 0 aliphatic carbocycles. The molecule has 2 aliphatic heterocycles. The number of imide groups is 1. The van der Waals surface area contributed by atoms with Crippen LogP contribution in [0.2, 0.25) is 0 Å². The van der Waals surface area contributed by atoms with Crippen LogP contribution in [0, 0.1) is 13.8 Å². The summed E-state index contributed by atoms with van der Waals surface area (Å²) in [4.78, 5) is 31.6. The van der Waals surface area contributed by atoms with E-state index in [1.165, 1.54) is 9.91 Å². The number of aryl methyl sites for hydroxylation is 2. The number of halogens is 1. The minimum atomic E-state index is -0.872. The largest absolute Gasteiger partial charge is 0.337 e. The first-order chi connectivity index (χ1) is 14.9. The number of carbonyl (C=O) groups excluding carboxylic acids is 2. The fraction of sp³-hybridized carbons (Fsp3) is 0.238. The molecule has 9 nitrogen and oxygen atoms in total. The van der Waals surface area contributed by atoms with Crippen LogP contribution in [-0.4, -0.2) is 39.0 Å². The lowest BCUT2D eigenvalue weighted by atomic mass is 10.1. The molecule has 0 spiro atoms. The van der Waals surface area contributed by atoms with Gasteiger partial charge in [0.1, 0.15) is 6.54 Å². The Labute approximate surface area is 185 Å². The molecule has 1 fully saturated rings. The van der Waals surface area contributed by atoms with Crippen LogP contribution in [0.4, 0.5) is 5.69 Å². The molecule has 31 heavy (non-hydrogen) atoms. The first-order valence-corrected chi connectivity index (χ1v) is 10.4. The smallest absolute Gasteiger partial charge is 0.263 e. The number of aromatic nitrogens is 2. The Balaban J connectivity index is 1.36. The summed E-state index contributed by atoms with van der Waals surface area (Å²) in [5, 5.41) is 13.5. The van der Waals surface area contributed by atoms with Gasteiger partial charge in [-0.1, -0.05) is 32.4 Å². The molecule has 3 heterocycles. The van der Waals surface area contributed by atoms with Crippen LogP contribution in [0.3, 0.4) is 0 Å². The minimum absolute atomic E-state index is 0.0774. The van der Waals surface area contributed by atoms with Crippen molar-refractivity contribution in [3.8, 4) is 11.4 Å². The van der Waals surface area contributed by atoms with E-state index in [9.17, 15) is 9.59 Å². The maximum atomic E-state index is 13.1. The lowest BCUT2D eigenvalue weighted by Crippen LogP contribution is -2.39. The van der Waals surface area contributed by atoms with Crippen LogP contribution >= 0.6 is 15.9 Å². The highest BCUT2D eigenvalue weighted by Crippen LogP contribution is 2.33. The van der Waals surface area contributed by atoms with Crippen molar-refractivity contribution in [1.29, 1.82) is 0 Å². The number of benzene rings is 2. The van der Waals surface area contributed by atoms with Gasteiger partial charge in [0.25, 0.3) is 11.8 Å². The maximum Gasteiger partial charge on any atom is 0.263 e. The zero-order valence-corrected chi connectivity index (χ0v) is 18.3. The third kappa shape index (κ3) is 3.32. The van der Waals surface area contributed by atoms with Crippen LogP contribution in [0.15, 0.2) is 61.8 Å². The molecule has 1 saturated heterocycles. The maximum absolute atomic E-state index is 13.1. The van der Waals surface area contributed by atoms with Crippen molar-refractivity contribution in [3.63, 3.8) is 0 Å². The van der Waals surface area contributed by atoms with E-state index in [0.29, 0.717) is 11.5 Å². The van der Waals surface area contributed by atoms with E-state index in [2.05, 4.69) is 36.4 Å². The van der Waals surface area contributed by atoms with Crippen molar-refractivity contribution < 1.29 is 14.1 Å². The molecule has 0 N–H and O–H groups in total. The Hall–Kier alpha value is -3.40. The third-order valence-corrected chi connectivity index (χ3v) is 6.00. The van der Waals surface area contributed by atoms with Crippen molar-refractivity contribution in [2.75, 3.05) is 4.90 Å². The molecule has 2 amide bonds. The second-order valence-electron chi connectivity index (χ2n) is 7.49. The van der Waals surface area contributed by atoms with Gasteiger partial charge in [-0.2, -0.15) is 10.1 Å². The molecule has 0 radical (unpaired) electrons. The van der Waals surface area contributed by atoms with Crippen molar-refractivity contribution >= 4 is 33.4 Å². The molecular weight excluding hydrogens is 464 g/mol. The SMILES string of the molecule is Cc1ccc(N2C(=O)[C@H]3N=NN(Cc4nc(-c5ccc(Br)cc5)no4)[C@H]3C2=O)cc1C. The highest BCUT2D eigenvalue weighted by molar-refractivity contribution is 9.10. The molecule has 156 valence electrons. The van der Waals surface area contributed by atoms with Gasteiger partial charge < -0.3 is 4.52 Å². The van der Waals surface area contributed by atoms with Gasteiger partial charge in [-0.05, 0) is 61.4 Å². The van der Waals surface area contributed by atoms with Gasteiger partial charge in [0.2, 0.25) is 11.7 Å². The molecule has 10 heteroatoms. The summed E-state index contributed by atoms with van der Waals surface area (Å²) in [5.74, 6) is -0.0374. The second kappa shape index (κ2) is 7.38. The fourth-order valence-corrected chi connectivity index (χ4v) is 3.91. The van der Waals surface area contributed by atoms with E-state index >= 15 is 0 Å². The van der Waals surface area contributed by atoms with E-state index < -0.39 is 12.1 Å². The first kappa shape index (κ1) is 19.6. The molecular formula is C21H17BrN6O3. The summed E-state index contributed by atoms with van der Waals surface area (Å²) in [6.07, 6.45) is 0. The minimum Gasteiger partial charge on any atom is -0.337 e. The molecule has 0 bridgehead atoms. The Morgan fingerprint density at radius 1 is 1.03 bits per heavy atom. The van der Waals surface area contributed by atoms with Crippen molar-refractivity contribution in [1.82, 2.24) is 15.1 Å². The predicted octanol–water partition coefficient (Wildman–Crippen LogP) is 3.61. The quantitative estimate of drug-likeness (QED) is 0.528. The number of nitrogens with zero attached hydrogens (tertiary/aromatic N) is 6. The Morgan fingerprint density at radius 2 is 1.81 bits per heavy atom. The van der Waals surface area contributed by atoms with E-state index in [0.717, 1.165) is 21.2 Å². The zero-order valence-electron chi connectivity index (χ0n) is 16.7. The number of carbonyl (C=O) groups is 2.